The third-order valence-corrected chi connectivity index (χ3v) is 7.11. The average Bonchev–Trinajstić information content (AvgIpc) is 3.51. The van der Waals surface area contributed by atoms with Gasteiger partial charge in [-0.25, -0.2) is 4.98 Å². The van der Waals surface area contributed by atoms with Gasteiger partial charge in [0.15, 0.2) is 5.16 Å². The zero-order valence-corrected chi connectivity index (χ0v) is 19.3. The number of benzene rings is 2. The molecule has 168 valence electrons. The lowest BCUT2D eigenvalue weighted by Crippen LogP contribution is -2.37. The second kappa shape index (κ2) is 10.8. The smallest absolute Gasteiger partial charge is 0.228 e. The summed E-state index contributed by atoms with van der Waals surface area (Å²) in [5.41, 5.74) is 3.16. The number of carbonyl (C=O) groups excluding carboxylic acids is 1. The van der Waals surface area contributed by atoms with E-state index in [0.717, 1.165) is 35.7 Å². The van der Waals surface area contributed by atoms with Crippen LogP contribution in [0.2, 0.25) is 0 Å². The quantitative estimate of drug-likeness (QED) is 0.462. The predicted octanol–water partition coefficient (Wildman–Crippen LogP) is 4.78. The van der Waals surface area contributed by atoms with E-state index in [2.05, 4.69) is 39.1 Å². The third kappa shape index (κ3) is 5.25. The van der Waals surface area contributed by atoms with Crippen molar-refractivity contribution >= 4 is 17.7 Å². The van der Waals surface area contributed by atoms with Crippen LogP contribution in [0.15, 0.2) is 72.1 Å². The number of hydrogen-bond acceptors (Lipinski definition) is 4. The summed E-state index contributed by atoms with van der Waals surface area (Å²) in [5, 5.41) is 14.0. The van der Waals surface area contributed by atoms with Gasteiger partial charge in [-0.2, -0.15) is 0 Å². The fourth-order valence-electron chi connectivity index (χ4n) is 4.74. The molecule has 1 fully saturated rings. The van der Waals surface area contributed by atoms with Crippen molar-refractivity contribution in [1.29, 1.82) is 0 Å². The Morgan fingerprint density at radius 2 is 1.84 bits per heavy atom. The molecule has 1 aromatic heterocycles. The Labute approximate surface area is 194 Å². The van der Waals surface area contributed by atoms with Crippen molar-refractivity contribution in [2.24, 2.45) is 5.92 Å². The summed E-state index contributed by atoms with van der Waals surface area (Å²) in [6.45, 7) is 0.645. The van der Waals surface area contributed by atoms with Gasteiger partial charge in [-0.05, 0) is 41.7 Å². The summed E-state index contributed by atoms with van der Waals surface area (Å²) in [5.74, 6) is 0.152. The van der Waals surface area contributed by atoms with Crippen LogP contribution in [0.5, 0.6) is 0 Å². The van der Waals surface area contributed by atoms with Crippen LogP contribution in [0.4, 0.5) is 0 Å². The lowest BCUT2D eigenvalue weighted by Gasteiger charge is -2.26. The number of hydrogen-bond donors (Lipinski definition) is 2. The van der Waals surface area contributed by atoms with Crippen molar-refractivity contribution in [3.8, 4) is 0 Å². The minimum atomic E-state index is -0.391. The summed E-state index contributed by atoms with van der Waals surface area (Å²) < 4.78 is 2.13. The zero-order chi connectivity index (χ0) is 22.3. The molecular formula is C26H31N3O2S. The first-order valence-corrected chi connectivity index (χ1v) is 12.5. The van der Waals surface area contributed by atoms with Crippen LogP contribution in [0, 0.1) is 5.92 Å². The molecule has 1 saturated carbocycles. The van der Waals surface area contributed by atoms with Crippen LogP contribution in [0.25, 0.3) is 0 Å². The van der Waals surface area contributed by atoms with E-state index < -0.39 is 6.04 Å². The van der Waals surface area contributed by atoms with E-state index in [0.29, 0.717) is 5.92 Å². The lowest BCUT2D eigenvalue weighted by atomic mass is 9.83. The first kappa shape index (κ1) is 22.6. The number of aliphatic hydroxyl groups is 1. The van der Waals surface area contributed by atoms with E-state index in [1.807, 2.05) is 49.0 Å². The topological polar surface area (TPSA) is 67.2 Å². The Morgan fingerprint density at radius 1 is 1.12 bits per heavy atom. The molecule has 0 saturated heterocycles. The highest BCUT2D eigenvalue weighted by Gasteiger charge is 2.33. The first-order valence-electron chi connectivity index (χ1n) is 11.3. The molecule has 2 aromatic carbocycles. The van der Waals surface area contributed by atoms with Gasteiger partial charge < -0.3 is 15.0 Å². The first-order chi connectivity index (χ1) is 15.7. The Kier molecular flexibility index (Phi) is 7.66. The highest BCUT2D eigenvalue weighted by molar-refractivity contribution is 7.98. The molecule has 4 rings (SSSR count). The molecule has 1 amide bonds. The molecule has 0 bridgehead atoms. The molecule has 2 atom stereocenters. The van der Waals surface area contributed by atoms with Crippen molar-refractivity contribution in [2.75, 3.05) is 12.9 Å². The van der Waals surface area contributed by atoms with Crippen LogP contribution in [-0.2, 0) is 11.3 Å². The van der Waals surface area contributed by atoms with Gasteiger partial charge in [0.1, 0.15) is 0 Å². The lowest BCUT2D eigenvalue weighted by molar-refractivity contribution is -0.124. The maximum Gasteiger partial charge on any atom is 0.228 e. The molecule has 2 N–H and O–H groups in total. The number of aromatic nitrogens is 2. The molecule has 0 radical (unpaired) electrons. The number of thioether (sulfide) groups is 1. The molecule has 1 aliphatic carbocycles. The molecule has 1 aliphatic rings. The predicted molar refractivity (Wildman–Crippen MR) is 129 cm³/mol. The molecule has 0 aliphatic heterocycles. The Hall–Kier alpha value is -2.57. The van der Waals surface area contributed by atoms with Gasteiger partial charge in [-0.1, -0.05) is 79.2 Å². The second-order valence-corrected chi connectivity index (χ2v) is 9.23. The van der Waals surface area contributed by atoms with E-state index in [1.54, 1.807) is 11.8 Å². The summed E-state index contributed by atoms with van der Waals surface area (Å²) in [6, 6.07) is 17.7. The Bertz CT molecular complexity index is 997. The van der Waals surface area contributed by atoms with Gasteiger partial charge >= 0.3 is 0 Å². The van der Waals surface area contributed by atoms with Crippen LogP contribution < -0.4 is 5.32 Å². The van der Waals surface area contributed by atoms with E-state index in [1.165, 1.54) is 18.4 Å². The van der Waals surface area contributed by atoms with Gasteiger partial charge in [0.2, 0.25) is 5.91 Å². The van der Waals surface area contributed by atoms with Gasteiger partial charge in [-0.3, -0.25) is 4.79 Å². The maximum atomic E-state index is 13.5. The van der Waals surface area contributed by atoms with Crippen molar-refractivity contribution in [2.45, 2.75) is 49.3 Å². The molecule has 32 heavy (non-hydrogen) atoms. The van der Waals surface area contributed by atoms with Gasteiger partial charge in [0.25, 0.3) is 0 Å². The van der Waals surface area contributed by atoms with Crippen LogP contribution in [-0.4, -0.2) is 33.4 Å². The number of rotatable bonds is 9. The zero-order valence-electron chi connectivity index (χ0n) is 18.5. The summed E-state index contributed by atoms with van der Waals surface area (Å²) in [4.78, 5) is 17.8. The van der Waals surface area contributed by atoms with Gasteiger partial charge in [0, 0.05) is 18.9 Å². The Morgan fingerprint density at radius 3 is 2.50 bits per heavy atom. The number of aliphatic hydroxyl groups excluding tert-OH is 1. The number of imidazole rings is 1. The molecule has 3 aromatic rings. The normalized spacial score (nSPS) is 16.1. The van der Waals surface area contributed by atoms with E-state index in [9.17, 15) is 9.90 Å². The molecule has 1 heterocycles. The van der Waals surface area contributed by atoms with Crippen LogP contribution >= 0.6 is 11.8 Å². The van der Waals surface area contributed by atoms with Crippen LogP contribution in [0.1, 0.15) is 54.3 Å². The van der Waals surface area contributed by atoms with Crippen molar-refractivity contribution in [3.05, 3.63) is 83.7 Å². The SMILES string of the molecule is CSc1nccn1Cc1ccc(C(C(=O)NC(CO)c2ccccc2)C2CCCC2)cc1. The van der Waals surface area contributed by atoms with Gasteiger partial charge in [0.05, 0.1) is 18.6 Å². The van der Waals surface area contributed by atoms with E-state index in [-0.39, 0.29) is 18.4 Å². The molecule has 6 heteroatoms. The van der Waals surface area contributed by atoms with Crippen molar-refractivity contribution in [1.82, 2.24) is 14.9 Å². The van der Waals surface area contributed by atoms with E-state index >= 15 is 0 Å². The molecule has 0 spiro atoms. The van der Waals surface area contributed by atoms with Crippen molar-refractivity contribution < 1.29 is 9.90 Å². The summed E-state index contributed by atoms with van der Waals surface area (Å²) >= 11 is 1.63. The third-order valence-electron chi connectivity index (χ3n) is 6.41. The molecule has 2 unspecified atom stereocenters. The van der Waals surface area contributed by atoms with E-state index in [4.69, 9.17) is 0 Å². The highest BCUT2D eigenvalue weighted by atomic mass is 32.2. The van der Waals surface area contributed by atoms with Gasteiger partial charge in [-0.15, -0.1) is 0 Å². The standard InChI is InChI=1S/C26H31N3O2S/c1-32-26-27-15-16-29(26)17-19-11-13-22(14-12-19)24(21-9-5-6-10-21)25(31)28-23(18-30)20-7-3-2-4-8-20/h2-4,7-8,11-16,21,23-24,30H,5-6,9-10,17-18H2,1H3,(H,28,31). The fourth-order valence-corrected chi connectivity index (χ4v) is 5.27. The van der Waals surface area contributed by atoms with Crippen molar-refractivity contribution in [3.63, 3.8) is 0 Å². The number of nitrogens with one attached hydrogen (secondary N) is 1. The summed E-state index contributed by atoms with van der Waals surface area (Å²) in [6.07, 6.45) is 10.3. The summed E-state index contributed by atoms with van der Waals surface area (Å²) in [7, 11) is 0. The Balaban J connectivity index is 1.53. The number of amides is 1. The number of carbonyl (C=O) groups is 1. The average molecular weight is 450 g/mol. The fraction of sp³-hybridized carbons (Fsp3) is 0.385. The largest absolute Gasteiger partial charge is 0.394 e. The minimum Gasteiger partial charge on any atom is -0.394 e. The molecular weight excluding hydrogens is 418 g/mol. The second-order valence-electron chi connectivity index (χ2n) is 8.46. The maximum absolute atomic E-state index is 13.5. The monoisotopic (exact) mass is 449 g/mol. The number of nitrogens with zero attached hydrogens (tertiary/aromatic N) is 2. The van der Waals surface area contributed by atoms with Crippen LogP contribution in [0.3, 0.4) is 0 Å². The molecule has 5 nitrogen and oxygen atoms in total. The minimum absolute atomic E-state index is 0.00633. The highest BCUT2D eigenvalue weighted by Crippen LogP contribution is 2.38.